The Labute approximate surface area is 248 Å². The highest BCUT2D eigenvalue weighted by molar-refractivity contribution is 8.18. The topological polar surface area (TPSA) is 75.5 Å². The second-order valence-corrected chi connectivity index (χ2v) is 12.7. The Morgan fingerprint density at radius 3 is 2.61 bits per heavy atom. The molecule has 0 unspecified atom stereocenters. The van der Waals surface area contributed by atoms with Gasteiger partial charge in [-0.05, 0) is 118 Å². The highest BCUT2D eigenvalue weighted by Crippen LogP contribution is 2.40. The minimum atomic E-state index is -0.154. The first kappa shape index (κ1) is 27.3. The summed E-state index contributed by atoms with van der Waals surface area (Å²) in [5.74, 6) is -0.227. The highest BCUT2D eigenvalue weighted by atomic mass is 32.2. The summed E-state index contributed by atoms with van der Waals surface area (Å²) < 4.78 is 2.18. The van der Waals surface area contributed by atoms with Crippen molar-refractivity contribution in [2.75, 3.05) is 5.32 Å². The first-order valence-electron chi connectivity index (χ1n) is 13.9. The van der Waals surface area contributed by atoms with E-state index in [1.54, 1.807) is 11.3 Å². The lowest BCUT2D eigenvalue weighted by molar-refractivity contribution is -0.115. The molecule has 2 amide bonds. The summed E-state index contributed by atoms with van der Waals surface area (Å²) in [7, 11) is 0. The van der Waals surface area contributed by atoms with Gasteiger partial charge >= 0.3 is 0 Å². The zero-order valence-corrected chi connectivity index (χ0v) is 25.3. The molecule has 0 saturated carbocycles. The zero-order valence-electron chi connectivity index (χ0n) is 23.6. The van der Waals surface area contributed by atoms with E-state index >= 15 is 0 Å². The lowest BCUT2D eigenvalue weighted by Crippen LogP contribution is -2.19. The van der Waals surface area contributed by atoms with Gasteiger partial charge in [0.15, 0.2) is 5.17 Å². The van der Waals surface area contributed by atoms with E-state index in [0.29, 0.717) is 10.1 Å². The third-order valence-electron chi connectivity index (χ3n) is 7.82. The smallest absolute Gasteiger partial charge is 0.264 e. The Balaban J connectivity index is 1.36. The number of carbonyl (C=O) groups is 2. The van der Waals surface area contributed by atoms with Crippen molar-refractivity contribution in [1.29, 1.82) is 0 Å². The molecule has 0 bridgehead atoms. The molecule has 8 heteroatoms. The zero-order chi connectivity index (χ0) is 28.7. The van der Waals surface area contributed by atoms with Crippen LogP contribution in [0.1, 0.15) is 61.7 Å². The molecular weight excluding hydrogens is 549 g/mol. The maximum absolute atomic E-state index is 13.7. The van der Waals surface area contributed by atoms with E-state index in [-0.39, 0.29) is 11.8 Å². The van der Waals surface area contributed by atoms with E-state index < -0.39 is 0 Å². The summed E-state index contributed by atoms with van der Waals surface area (Å²) in [5.41, 5.74) is 8.82. The Bertz CT molecular complexity index is 1740. The Hall–Kier alpha value is -3.88. The molecule has 1 fully saturated rings. The number of aryl methyl sites for hydroxylation is 3. The molecule has 3 heterocycles. The van der Waals surface area contributed by atoms with Crippen molar-refractivity contribution < 1.29 is 9.59 Å². The molecule has 1 aliphatic carbocycles. The molecule has 0 atom stereocenters. The van der Waals surface area contributed by atoms with Crippen molar-refractivity contribution in [3.8, 4) is 5.00 Å². The molecule has 2 N–H and O–H groups in total. The Morgan fingerprint density at radius 2 is 1.80 bits per heavy atom. The maximum Gasteiger partial charge on any atom is 0.264 e. The normalized spacial score (nSPS) is 16.7. The van der Waals surface area contributed by atoms with Crippen LogP contribution < -0.4 is 10.6 Å². The van der Waals surface area contributed by atoms with Gasteiger partial charge in [0, 0.05) is 22.0 Å². The van der Waals surface area contributed by atoms with Crippen molar-refractivity contribution in [2.45, 2.75) is 53.4 Å². The first-order valence-corrected chi connectivity index (χ1v) is 15.5. The predicted octanol–water partition coefficient (Wildman–Crippen LogP) is 7.80. The number of carbonyl (C=O) groups excluding carboxylic acids is 2. The number of amides is 2. The lowest BCUT2D eigenvalue weighted by atomic mass is 9.95. The fourth-order valence-corrected chi connectivity index (χ4v) is 7.82. The lowest BCUT2D eigenvalue weighted by Gasteiger charge is -2.14. The van der Waals surface area contributed by atoms with Crippen LogP contribution in [0, 0.1) is 27.7 Å². The van der Waals surface area contributed by atoms with Crippen molar-refractivity contribution >= 4 is 57.5 Å². The minimum absolute atomic E-state index is 0.0731. The number of anilines is 1. The summed E-state index contributed by atoms with van der Waals surface area (Å²) in [6.45, 7) is 8.21. The number of aromatic nitrogens is 1. The molecule has 2 aliphatic rings. The molecule has 2 aromatic carbocycles. The van der Waals surface area contributed by atoms with E-state index in [9.17, 15) is 9.59 Å². The maximum atomic E-state index is 13.7. The van der Waals surface area contributed by atoms with E-state index in [1.807, 2.05) is 55.5 Å². The number of fused-ring (bicyclic) bond motifs is 1. The van der Waals surface area contributed by atoms with Gasteiger partial charge in [-0.25, -0.2) is 4.99 Å². The van der Waals surface area contributed by atoms with Gasteiger partial charge in [0.05, 0.1) is 16.2 Å². The van der Waals surface area contributed by atoms with Crippen LogP contribution in [0.3, 0.4) is 0 Å². The van der Waals surface area contributed by atoms with Gasteiger partial charge in [-0.3, -0.25) is 9.59 Å². The number of nitrogens with one attached hydrogen (secondary N) is 2. The van der Waals surface area contributed by atoms with Crippen molar-refractivity contribution in [2.24, 2.45) is 4.99 Å². The van der Waals surface area contributed by atoms with Gasteiger partial charge in [0.2, 0.25) is 0 Å². The first-order chi connectivity index (χ1) is 19.8. The number of rotatable bonds is 5. The second-order valence-electron chi connectivity index (χ2n) is 10.6. The van der Waals surface area contributed by atoms with Gasteiger partial charge in [-0.2, -0.15) is 0 Å². The van der Waals surface area contributed by atoms with E-state index in [1.165, 1.54) is 22.2 Å². The summed E-state index contributed by atoms with van der Waals surface area (Å²) in [4.78, 5) is 33.3. The van der Waals surface area contributed by atoms with Gasteiger partial charge in [0.25, 0.3) is 11.8 Å². The monoisotopic (exact) mass is 580 g/mol. The SMILES string of the molecule is Cc1cccc(N=C2NC(=O)/C(=C/c3cc(C)n(-c4sc5c(c4C(=O)Nc4ccccc4)CCCC5)c3C)S2)c1C. The number of thioether (sulfide) groups is 1. The molecule has 2 aromatic heterocycles. The minimum Gasteiger partial charge on any atom is -0.322 e. The van der Waals surface area contributed by atoms with Gasteiger partial charge in [0.1, 0.15) is 5.00 Å². The quantitative estimate of drug-likeness (QED) is 0.237. The molecule has 6 rings (SSSR count). The van der Waals surface area contributed by atoms with Crippen LogP contribution in [-0.2, 0) is 17.6 Å². The summed E-state index contributed by atoms with van der Waals surface area (Å²) in [6, 6.07) is 17.7. The van der Waals surface area contributed by atoms with Crippen molar-refractivity contribution in [1.82, 2.24) is 9.88 Å². The third kappa shape index (κ3) is 5.29. The van der Waals surface area contributed by atoms with Crippen molar-refractivity contribution in [3.05, 3.63) is 104 Å². The third-order valence-corrected chi connectivity index (χ3v) is 10.0. The molecule has 1 aliphatic heterocycles. The number of nitrogens with zero attached hydrogens (tertiary/aromatic N) is 2. The van der Waals surface area contributed by atoms with Gasteiger partial charge in [-0.15, -0.1) is 11.3 Å². The molecule has 208 valence electrons. The summed E-state index contributed by atoms with van der Waals surface area (Å²) in [6.07, 6.45) is 6.09. The van der Waals surface area contributed by atoms with Crippen LogP contribution in [-0.4, -0.2) is 21.5 Å². The fraction of sp³-hybridized carbons (Fsp3) is 0.242. The average Bonchev–Trinajstić information content (AvgIpc) is 3.59. The number of amidine groups is 1. The number of hydrogen-bond donors (Lipinski definition) is 2. The van der Waals surface area contributed by atoms with E-state index in [0.717, 1.165) is 75.7 Å². The average molecular weight is 581 g/mol. The standard InChI is InChI=1S/C33H32N4O2S2/c1-19-11-10-15-26(21(19)3)35-33-36-30(38)28(41-33)18-23-17-20(2)37(22(23)4)32-29(25-14-8-9-16-27(25)40-32)31(39)34-24-12-6-5-7-13-24/h5-7,10-13,15,17-18H,8-9,14,16H2,1-4H3,(H,34,39)(H,35,36,38)/b28-18-. The van der Waals surface area contributed by atoms with E-state index in [4.69, 9.17) is 4.99 Å². The van der Waals surface area contributed by atoms with Crippen LogP contribution >= 0.6 is 23.1 Å². The molecular formula is C33H32N4O2S2. The van der Waals surface area contributed by atoms with Crippen LogP contribution in [0.5, 0.6) is 0 Å². The number of para-hydroxylation sites is 1. The van der Waals surface area contributed by atoms with Gasteiger partial charge < -0.3 is 15.2 Å². The molecule has 4 aromatic rings. The summed E-state index contributed by atoms with van der Waals surface area (Å²) >= 11 is 3.07. The number of thiophene rings is 1. The van der Waals surface area contributed by atoms with Gasteiger partial charge in [-0.1, -0.05) is 30.3 Å². The summed E-state index contributed by atoms with van der Waals surface area (Å²) in [5, 5.41) is 7.57. The molecule has 6 nitrogen and oxygen atoms in total. The Kier molecular flexibility index (Phi) is 7.45. The fourth-order valence-electron chi connectivity index (χ4n) is 5.49. The molecule has 0 radical (unpaired) electrons. The second kappa shape index (κ2) is 11.2. The van der Waals surface area contributed by atoms with Crippen LogP contribution in [0.2, 0.25) is 0 Å². The predicted molar refractivity (Wildman–Crippen MR) is 171 cm³/mol. The highest BCUT2D eigenvalue weighted by Gasteiger charge is 2.29. The molecule has 1 saturated heterocycles. The number of benzene rings is 2. The number of aliphatic imine (C=N–C) groups is 1. The molecule has 0 spiro atoms. The van der Waals surface area contributed by atoms with E-state index in [2.05, 4.69) is 48.1 Å². The largest absolute Gasteiger partial charge is 0.322 e. The number of hydrogen-bond acceptors (Lipinski definition) is 5. The molecule has 41 heavy (non-hydrogen) atoms. The van der Waals surface area contributed by atoms with Crippen molar-refractivity contribution in [3.63, 3.8) is 0 Å². The Morgan fingerprint density at radius 1 is 1.02 bits per heavy atom. The van der Waals surface area contributed by atoms with Crippen LogP contribution in [0.25, 0.3) is 11.1 Å². The van der Waals surface area contributed by atoms with Crippen LogP contribution in [0.15, 0.2) is 64.5 Å². The van der Waals surface area contributed by atoms with Crippen LogP contribution in [0.4, 0.5) is 11.4 Å².